The largest absolute Gasteiger partial charge is 0.391 e. The smallest absolute Gasteiger partial charge is 0.0752 e. The van der Waals surface area contributed by atoms with Crippen LogP contribution in [-0.2, 0) is 0 Å². The third-order valence-electron chi connectivity index (χ3n) is 4.86. The second-order valence-electron chi connectivity index (χ2n) is 5.31. The van der Waals surface area contributed by atoms with Crippen molar-refractivity contribution in [1.29, 1.82) is 0 Å². The lowest BCUT2D eigenvalue weighted by Crippen LogP contribution is -2.43. The van der Waals surface area contributed by atoms with Gasteiger partial charge in [0.2, 0.25) is 0 Å². The fourth-order valence-electron chi connectivity index (χ4n) is 3.41. The summed E-state index contributed by atoms with van der Waals surface area (Å²) >= 11 is 0. The topological polar surface area (TPSA) is 46.2 Å². The molecule has 2 rings (SSSR count). The number of rotatable bonds is 0. The van der Waals surface area contributed by atoms with E-state index in [0.29, 0.717) is 5.92 Å². The van der Waals surface area contributed by atoms with Crippen LogP contribution in [0.5, 0.6) is 0 Å². The maximum Gasteiger partial charge on any atom is 0.0752 e. The minimum atomic E-state index is -0.286. The summed E-state index contributed by atoms with van der Waals surface area (Å²) in [6, 6.07) is 0.0127. The molecule has 2 aliphatic rings. The van der Waals surface area contributed by atoms with Gasteiger partial charge in [-0.2, -0.15) is 0 Å². The first kappa shape index (κ1) is 8.52. The van der Waals surface area contributed by atoms with Crippen LogP contribution in [0.15, 0.2) is 0 Å². The van der Waals surface area contributed by atoms with E-state index in [0.717, 1.165) is 6.42 Å². The van der Waals surface area contributed by atoms with Gasteiger partial charge in [-0.25, -0.2) is 0 Å². The van der Waals surface area contributed by atoms with Crippen LogP contribution in [0.2, 0.25) is 0 Å². The molecule has 3 N–H and O–H groups in total. The highest BCUT2D eigenvalue weighted by atomic mass is 16.3. The highest BCUT2D eigenvalue weighted by Gasteiger charge is 2.64. The average Bonchev–Trinajstić information content (AvgIpc) is 2.26. The summed E-state index contributed by atoms with van der Waals surface area (Å²) in [5.74, 6) is 0.525. The van der Waals surface area contributed by atoms with E-state index < -0.39 is 0 Å². The van der Waals surface area contributed by atoms with Crippen molar-refractivity contribution in [3.63, 3.8) is 0 Å². The molecular formula is C10H19NO. The molecule has 2 heteroatoms. The van der Waals surface area contributed by atoms with E-state index in [4.69, 9.17) is 5.73 Å². The standard InChI is InChI=1S/C10H19NO/c1-9(2)6-4-5-10(9,3)8(12)7(6)11/h6-8,12H,4-5,11H2,1-3H3/t6?,7-,8-,10-/m1/s1. The Morgan fingerprint density at radius 1 is 1.33 bits per heavy atom. The van der Waals surface area contributed by atoms with Crippen LogP contribution < -0.4 is 5.73 Å². The van der Waals surface area contributed by atoms with E-state index in [-0.39, 0.29) is 23.0 Å². The third kappa shape index (κ3) is 0.647. The van der Waals surface area contributed by atoms with Gasteiger partial charge in [-0.3, -0.25) is 0 Å². The van der Waals surface area contributed by atoms with Gasteiger partial charge in [0, 0.05) is 11.5 Å². The first-order valence-corrected chi connectivity index (χ1v) is 4.85. The Kier molecular flexibility index (Phi) is 1.45. The number of hydrogen-bond acceptors (Lipinski definition) is 2. The molecule has 4 atom stereocenters. The zero-order valence-corrected chi connectivity index (χ0v) is 8.17. The van der Waals surface area contributed by atoms with E-state index in [2.05, 4.69) is 20.8 Å². The van der Waals surface area contributed by atoms with Crippen LogP contribution >= 0.6 is 0 Å². The second-order valence-corrected chi connectivity index (χ2v) is 5.31. The molecule has 2 aliphatic carbocycles. The van der Waals surface area contributed by atoms with E-state index in [9.17, 15) is 5.11 Å². The van der Waals surface area contributed by atoms with Crippen LogP contribution in [-0.4, -0.2) is 17.3 Å². The molecule has 0 aromatic heterocycles. The van der Waals surface area contributed by atoms with Crippen molar-refractivity contribution >= 4 is 0 Å². The van der Waals surface area contributed by atoms with Crippen molar-refractivity contribution in [1.82, 2.24) is 0 Å². The molecule has 1 unspecified atom stereocenters. The predicted octanol–water partition coefficient (Wildman–Crippen LogP) is 1.13. The van der Waals surface area contributed by atoms with Crippen LogP contribution in [0.4, 0.5) is 0 Å². The van der Waals surface area contributed by atoms with Crippen LogP contribution in [0.3, 0.4) is 0 Å². The van der Waals surface area contributed by atoms with Gasteiger partial charge in [-0.05, 0) is 24.2 Å². The van der Waals surface area contributed by atoms with Gasteiger partial charge in [-0.15, -0.1) is 0 Å². The Bertz CT molecular complexity index is 214. The second kappa shape index (κ2) is 2.05. The number of fused-ring (bicyclic) bond motifs is 2. The molecule has 2 fully saturated rings. The molecule has 0 aliphatic heterocycles. The monoisotopic (exact) mass is 169 g/mol. The van der Waals surface area contributed by atoms with Gasteiger partial charge in [0.25, 0.3) is 0 Å². The Morgan fingerprint density at radius 3 is 2.17 bits per heavy atom. The van der Waals surface area contributed by atoms with Gasteiger partial charge in [0.05, 0.1) is 6.10 Å². The summed E-state index contributed by atoms with van der Waals surface area (Å²) in [4.78, 5) is 0. The van der Waals surface area contributed by atoms with Gasteiger partial charge < -0.3 is 10.8 Å². The Balaban J connectivity index is 2.44. The van der Waals surface area contributed by atoms with Gasteiger partial charge >= 0.3 is 0 Å². The van der Waals surface area contributed by atoms with Crippen molar-refractivity contribution in [2.24, 2.45) is 22.5 Å². The minimum absolute atomic E-state index is 0.0127. The zero-order chi connectivity index (χ0) is 9.15. The average molecular weight is 169 g/mol. The minimum Gasteiger partial charge on any atom is -0.391 e. The maximum absolute atomic E-state index is 9.96. The van der Waals surface area contributed by atoms with Crippen molar-refractivity contribution in [3.8, 4) is 0 Å². The van der Waals surface area contributed by atoms with Gasteiger partial charge in [-0.1, -0.05) is 20.8 Å². The highest BCUT2D eigenvalue weighted by molar-refractivity contribution is 5.16. The number of hydrogen-bond donors (Lipinski definition) is 2. The number of aliphatic hydroxyl groups is 1. The summed E-state index contributed by atoms with van der Waals surface area (Å²) in [5, 5.41) is 9.96. The summed E-state index contributed by atoms with van der Waals surface area (Å²) in [6.07, 6.45) is 2.05. The number of nitrogens with two attached hydrogens (primary N) is 1. The molecule has 0 saturated heterocycles. The molecule has 0 aromatic carbocycles. The summed E-state index contributed by atoms with van der Waals surface area (Å²) in [6.45, 7) is 6.69. The molecule has 0 heterocycles. The van der Waals surface area contributed by atoms with Crippen molar-refractivity contribution in [2.45, 2.75) is 45.8 Å². The molecule has 0 radical (unpaired) electrons. The highest BCUT2D eigenvalue weighted by Crippen LogP contribution is 2.64. The molecule has 2 saturated carbocycles. The van der Waals surface area contributed by atoms with E-state index in [1.54, 1.807) is 0 Å². The maximum atomic E-state index is 9.96. The molecule has 2 bridgehead atoms. The van der Waals surface area contributed by atoms with Crippen molar-refractivity contribution < 1.29 is 5.11 Å². The van der Waals surface area contributed by atoms with Crippen LogP contribution in [0.1, 0.15) is 33.6 Å². The van der Waals surface area contributed by atoms with E-state index >= 15 is 0 Å². The normalized spacial score (nSPS) is 56.2. The van der Waals surface area contributed by atoms with Crippen molar-refractivity contribution in [2.75, 3.05) is 0 Å². The fourth-order valence-corrected chi connectivity index (χ4v) is 3.41. The molecular weight excluding hydrogens is 150 g/mol. The molecule has 0 aromatic rings. The lowest BCUT2D eigenvalue weighted by Gasteiger charge is -2.36. The molecule has 2 nitrogen and oxygen atoms in total. The molecule has 12 heavy (non-hydrogen) atoms. The lowest BCUT2D eigenvalue weighted by molar-refractivity contribution is 0.00582. The lowest BCUT2D eigenvalue weighted by atomic mass is 9.70. The van der Waals surface area contributed by atoms with Crippen molar-refractivity contribution in [3.05, 3.63) is 0 Å². The Morgan fingerprint density at radius 2 is 1.92 bits per heavy atom. The summed E-state index contributed by atoms with van der Waals surface area (Å²) in [7, 11) is 0. The van der Waals surface area contributed by atoms with Gasteiger partial charge in [0.1, 0.15) is 0 Å². The first-order chi connectivity index (χ1) is 5.41. The van der Waals surface area contributed by atoms with E-state index in [1.165, 1.54) is 6.42 Å². The third-order valence-corrected chi connectivity index (χ3v) is 4.86. The first-order valence-electron chi connectivity index (χ1n) is 4.85. The molecule has 0 amide bonds. The van der Waals surface area contributed by atoms with Gasteiger partial charge in [0.15, 0.2) is 0 Å². The fraction of sp³-hybridized carbons (Fsp3) is 1.00. The molecule has 70 valence electrons. The Labute approximate surface area is 74.1 Å². The summed E-state index contributed by atoms with van der Waals surface area (Å²) in [5.41, 5.74) is 6.27. The van der Waals surface area contributed by atoms with Crippen LogP contribution in [0, 0.1) is 16.7 Å². The molecule has 0 spiro atoms. The quantitative estimate of drug-likeness (QED) is 0.571. The SMILES string of the molecule is CC1(C)C2CC[C@]1(C)[C@H](O)[C@@H]2N. The number of aliphatic hydroxyl groups excluding tert-OH is 1. The zero-order valence-electron chi connectivity index (χ0n) is 8.17. The van der Waals surface area contributed by atoms with E-state index in [1.807, 2.05) is 0 Å². The Hall–Kier alpha value is -0.0800. The predicted molar refractivity (Wildman–Crippen MR) is 48.6 cm³/mol. The summed E-state index contributed by atoms with van der Waals surface area (Å²) < 4.78 is 0. The van der Waals surface area contributed by atoms with Crippen LogP contribution in [0.25, 0.3) is 0 Å².